The molecule has 0 bridgehead atoms. The zero-order valence-corrected chi connectivity index (χ0v) is 18.5. The first kappa shape index (κ1) is 23.1. The summed E-state index contributed by atoms with van der Waals surface area (Å²) in [5, 5.41) is 9.66. The number of aliphatic hydroxyl groups is 1. The highest BCUT2D eigenvalue weighted by Crippen LogP contribution is 2.38. The summed E-state index contributed by atoms with van der Waals surface area (Å²) in [4.78, 5) is 0. The van der Waals surface area contributed by atoms with Crippen molar-refractivity contribution in [2.75, 3.05) is 6.61 Å². The lowest BCUT2D eigenvalue weighted by molar-refractivity contribution is 0.161. The Kier molecular flexibility index (Phi) is 7.19. The van der Waals surface area contributed by atoms with E-state index in [1.165, 1.54) is 17.7 Å². The molecular formula is C28H27F3O2. The maximum absolute atomic E-state index is 14.9. The van der Waals surface area contributed by atoms with Crippen molar-refractivity contribution in [3.63, 3.8) is 0 Å². The van der Waals surface area contributed by atoms with Crippen LogP contribution in [0.25, 0.3) is 16.7 Å². The maximum Gasteiger partial charge on any atom is 0.201 e. The molecule has 2 nitrogen and oxygen atoms in total. The van der Waals surface area contributed by atoms with E-state index in [0.29, 0.717) is 29.5 Å². The second kappa shape index (κ2) is 10.3. The molecule has 0 aromatic heterocycles. The first-order valence-corrected chi connectivity index (χ1v) is 11.3. The molecule has 0 heterocycles. The zero-order chi connectivity index (χ0) is 23.4. The van der Waals surface area contributed by atoms with Crippen LogP contribution >= 0.6 is 0 Å². The summed E-state index contributed by atoms with van der Waals surface area (Å²) < 4.78 is 49.2. The van der Waals surface area contributed by atoms with E-state index in [4.69, 9.17) is 4.74 Å². The predicted molar refractivity (Wildman–Crippen MR) is 125 cm³/mol. The van der Waals surface area contributed by atoms with Crippen LogP contribution in [-0.4, -0.2) is 17.8 Å². The van der Waals surface area contributed by atoms with Crippen LogP contribution in [0.1, 0.15) is 38.2 Å². The lowest BCUT2D eigenvalue weighted by Gasteiger charge is -2.25. The fraction of sp³-hybridized carbons (Fsp3) is 0.286. The summed E-state index contributed by atoms with van der Waals surface area (Å²) >= 11 is 0. The quantitative estimate of drug-likeness (QED) is 0.466. The third-order valence-corrected chi connectivity index (χ3v) is 6.20. The smallest absolute Gasteiger partial charge is 0.201 e. The lowest BCUT2D eigenvalue weighted by atomic mass is 9.82. The number of benzene rings is 2. The molecule has 5 heteroatoms. The molecule has 0 spiro atoms. The van der Waals surface area contributed by atoms with Crippen molar-refractivity contribution in [1.82, 2.24) is 0 Å². The summed E-state index contributed by atoms with van der Waals surface area (Å²) in [6.07, 6.45) is 11.6. The van der Waals surface area contributed by atoms with Gasteiger partial charge in [0, 0.05) is 17.1 Å². The number of halogens is 3. The summed E-state index contributed by atoms with van der Waals surface area (Å²) in [6, 6.07) is 9.67. The molecule has 33 heavy (non-hydrogen) atoms. The Hall–Kier alpha value is -3.05. The largest absolute Gasteiger partial charge is 0.486 e. The van der Waals surface area contributed by atoms with Gasteiger partial charge in [0.15, 0.2) is 11.6 Å². The maximum atomic E-state index is 14.9. The van der Waals surface area contributed by atoms with Gasteiger partial charge in [-0.3, -0.25) is 0 Å². The Morgan fingerprint density at radius 3 is 2.39 bits per heavy atom. The van der Waals surface area contributed by atoms with Crippen LogP contribution in [0, 0.1) is 17.6 Å². The fourth-order valence-corrected chi connectivity index (χ4v) is 4.30. The van der Waals surface area contributed by atoms with E-state index in [0.717, 1.165) is 12.8 Å². The van der Waals surface area contributed by atoms with Gasteiger partial charge in [-0.2, -0.15) is 4.39 Å². The van der Waals surface area contributed by atoms with Gasteiger partial charge in [-0.05, 0) is 61.9 Å². The Morgan fingerprint density at radius 1 is 0.970 bits per heavy atom. The first-order valence-electron chi connectivity index (χ1n) is 11.3. The van der Waals surface area contributed by atoms with E-state index < -0.39 is 11.6 Å². The Balaban J connectivity index is 1.50. The highest BCUT2D eigenvalue weighted by molar-refractivity contribution is 5.79. The van der Waals surface area contributed by atoms with Crippen LogP contribution < -0.4 is 4.74 Å². The zero-order valence-electron chi connectivity index (χ0n) is 18.5. The minimum Gasteiger partial charge on any atom is -0.486 e. The molecule has 0 saturated carbocycles. The SMILES string of the molecule is C/C=C/COc1ccc(-c2ccc(C3=CCC(C4=CCC(O)CC4)C=C3F)cc2)c(F)c1F. The molecule has 0 amide bonds. The van der Waals surface area contributed by atoms with Gasteiger partial charge in [0.25, 0.3) is 0 Å². The van der Waals surface area contributed by atoms with E-state index in [1.54, 1.807) is 42.5 Å². The Morgan fingerprint density at radius 2 is 1.73 bits per heavy atom. The van der Waals surface area contributed by atoms with Crippen molar-refractivity contribution >= 4 is 5.57 Å². The van der Waals surface area contributed by atoms with Gasteiger partial charge in [-0.15, -0.1) is 0 Å². The molecule has 0 fully saturated rings. The van der Waals surface area contributed by atoms with Crippen LogP contribution in [0.15, 0.2) is 78.2 Å². The topological polar surface area (TPSA) is 29.5 Å². The molecule has 0 radical (unpaired) electrons. The van der Waals surface area contributed by atoms with E-state index >= 15 is 0 Å². The van der Waals surface area contributed by atoms with E-state index in [-0.39, 0.29) is 35.8 Å². The predicted octanol–water partition coefficient (Wildman–Crippen LogP) is 7.31. The average molecular weight is 453 g/mol. The first-order chi connectivity index (χ1) is 16.0. The molecule has 0 aliphatic heterocycles. The van der Waals surface area contributed by atoms with Crippen molar-refractivity contribution in [1.29, 1.82) is 0 Å². The van der Waals surface area contributed by atoms with Gasteiger partial charge in [0.05, 0.1) is 6.10 Å². The molecular weight excluding hydrogens is 425 g/mol. The molecule has 2 unspecified atom stereocenters. The Bertz CT molecular complexity index is 1130. The van der Waals surface area contributed by atoms with Gasteiger partial charge < -0.3 is 9.84 Å². The number of hydrogen-bond acceptors (Lipinski definition) is 2. The molecule has 2 aromatic carbocycles. The average Bonchev–Trinajstić information content (AvgIpc) is 2.83. The third kappa shape index (κ3) is 5.14. The number of ether oxygens (including phenoxy) is 1. The van der Waals surface area contributed by atoms with Crippen LogP contribution in [0.5, 0.6) is 5.75 Å². The second-order valence-electron chi connectivity index (χ2n) is 8.38. The van der Waals surface area contributed by atoms with Crippen molar-refractivity contribution in [3.8, 4) is 16.9 Å². The number of aliphatic hydroxyl groups excluding tert-OH is 1. The second-order valence-corrected chi connectivity index (χ2v) is 8.38. The van der Waals surface area contributed by atoms with E-state index in [1.807, 2.05) is 19.1 Å². The van der Waals surface area contributed by atoms with Gasteiger partial charge in [0.1, 0.15) is 12.4 Å². The Labute approximate surface area is 192 Å². The van der Waals surface area contributed by atoms with Crippen LogP contribution in [0.3, 0.4) is 0 Å². The number of rotatable bonds is 6. The molecule has 2 aliphatic rings. The van der Waals surface area contributed by atoms with E-state index in [2.05, 4.69) is 0 Å². The molecule has 0 saturated heterocycles. The number of allylic oxidation sites excluding steroid dienone is 6. The standard InChI is InChI=1S/C28H27F3O2/c1-2-3-16-33-26-15-14-24(27(30)28(26)31)20-6-4-19(5-7-20)23-13-10-21(17-25(23)29)18-8-11-22(32)12-9-18/h2-8,13-15,17,21-22,32H,9-12,16H2,1H3/b3-2+. The normalized spacial score (nSPS) is 20.9. The molecule has 2 atom stereocenters. The van der Waals surface area contributed by atoms with Crippen LogP contribution in [0.4, 0.5) is 13.2 Å². The third-order valence-electron chi connectivity index (χ3n) is 6.20. The summed E-state index contributed by atoms with van der Waals surface area (Å²) in [6.45, 7) is 1.98. The van der Waals surface area contributed by atoms with Gasteiger partial charge in [0.2, 0.25) is 5.82 Å². The van der Waals surface area contributed by atoms with Crippen molar-refractivity contribution < 1.29 is 23.0 Å². The van der Waals surface area contributed by atoms with Crippen molar-refractivity contribution in [3.05, 3.63) is 95.4 Å². The van der Waals surface area contributed by atoms with Gasteiger partial charge in [-0.25, -0.2) is 8.78 Å². The monoisotopic (exact) mass is 452 g/mol. The highest BCUT2D eigenvalue weighted by atomic mass is 19.2. The fourth-order valence-electron chi connectivity index (χ4n) is 4.30. The molecule has 172 valence electrons. The van der Waals surface area contributed by atoms with Crippen LogP contribution in [0.2, 0.25) is 0 Å². The van der Waals surface area contributed by atoms with Crippen molar-refractivity contribution in [2.24, 2.45) is 5.92 Å². The molecule has 2 aliphatic carbocycles. The molecule has 1 N–H and O–H groups in total. The number of hydrogen-bond donors (Lipinski definition) is 1. The molecule has 2 aromatic rings. The summed E-state index contributed by atoms with van der Waals surface area (Å²) in [5.74, 6) is -2.40. The minimum atomic E-state index is -1.03. The van der Waals surface area contributed by atoms with Crippen LogP contribution in [-0.2, 0) is 0 Å². The minimum absolute atomic E-state index is 0.0196. The molecule has 4 rings (SSSR count). The summed E-state index contributed by atoms with van der Waals surface area (Å²) in [5.41, 5.74) is 2.99. The van der Waals surface area contributed by atoms with Crippen molar-refractivity contribution in [2.45, 2.75) is 38.7 Å². The highest BCUT2D eigenvalue weighted by Gasteiger charge is 2.23. The lowest BCUT2D eigenvalue weighted by Crippen LogP contribution is -2.15. The van der Waals surface area contributed by atoms with Gasteiger partial charge in [-0.1, -0.05) is 54.1 Å². The summed E-state index contributed by atoms with van der Waals surface area (Å²) in [7, 11) is 0. The van der Waals surface area contributed by atoms with Gasteiger partial charge >= 0.3 is 0 Å². The van der Waals surface area contributed by atoms with E-state index in [9.17, 15) is 18.3 Å².